The average molecular weight is 332 g/mol. The molecule has 8 heteroatoms. The van der Waals surface area contributed by atoms with Gasteiger partial charge in [-0.3, -0.25) is 9.59 Å². The number of fused-ring (bicyclic) bond motifs is 1. The molecule has 120 valence electrons. The maximum Gasteiger partial charge on any atom is 0.405 e. The van der Waals surface area contributed by atoms with Gasteiger partial charge in [0.25, 0.3) is 0 Å². The van der Waals surface area contributed by atoms with Crippen molar-refractivity contribution in [3.63, 3.8) is 0 Å². The van der Waals surface area contributed by atoms with Crippen molar-refractivity contribution in [2.45, 2.75) is 24.4 Å². The number of thioether (sulfide) groups is 1. The van der Waals surface area contributed by atoms with Gasteiger partial charge in [0.2, 0.25) is 11.8 Å². The number of halogens is 3. The van der Waals surface area contributed by atoms with E-state index >= 15 is 0 Å². The summed E-state index contributed by atoms with van der Waals surface area (Å²) in [7, 11) is 0. The van der Waals surface area contributed by atoms with Crippen molar-refractivity contribution in [1.29, 1.82) is 0 Å². The Balaban J connectivity index is 2.14. The number of aryl methyl sites for hydroxylation is 1. The molecule has 1 aromatic rings. The van der Waals surface area contributed by atoms with Crippen LogP contribution in [-0.4, -0.2) is 36.8 Å². The predicted octanol–water partition coefficient (Wildman–Crippen LogP) is 2.37. The van der Waals surface area contributed by atoms with Crippen molar-refractivity contribution in [3.8, 4) is 0 Å². The van der Waals surface area contributed by atoms with E-state index in [-0.39, 0.29) is 11.7 Å². The molecule has 0 saturated heterocycles. The fourth-order valence-corrected chi connectivity index (χ4v) is 2.96. The lowest BCUT2D eigenvalue weighted by atomic mass is 10.1. The second-order valence-corrected chi connectivity index (χ2v) is 5.83. The SMILES string of the molecule is CCc1ccc2c(c1)N(CC(=O)NCC(F)(F)F)C(=O)CS2. The summed E-state index contributed by atoms with van der Waals surface area (Å²) in [5.41, 5.74) is 1.58. The number of alkyl halides is 3. The molecule has 1 aliphatic heterocycles. The van der Waals surface area contributed by atoms with Crippen LogP contribution in [0.15, 0.2) is 23.1 Å². The lowest BCUT2D eigenvalue weighted by Gasteiger charge is -2.29. The van der Waals surface area contributed by atoms with Crippen LogP contribution in [-0.2, 0) is 16.0 Å². The summed E-state index contributed by atoms with van der Waals surface area (Å²) in [5.74, 6) is -0.941. The number of nitrogens with one attached hydrogen (secondary N) is 1. The van der Waals surface area contributed by atoms with Gasteiger partial charge in [-0.05, 0) is 24.1 Å². The van der Waals surface area contributed by atoms with E-state index in [9.17, 15) is 22.8 Å². The molecule has 0 atom stereocenters. The van der Waals surface area contributed by atoms with Gasteiger partial charge in [0.15, 0.2) is 0 Å². The molecule has 4 nitrogen and oxygen atoms in total. The molecule has 2 amide bonds. The number of carbonyl (C=O) groups is 2. The first-order chi connectivity index (χ1) is 10.3. The summed E-state index contributed by atoms with van der Waals surface area (Å²) in [4.78, 5) is 25.7. The molecule has 0 fully saturated rings. The normalized spacial score (nSPS) is 14.7. The molecule has 22 heavy (non-hydrogen) atoms. The van der Waals surface area contributed by atoms with Crippen LogP contribution in [0, 0.1) is 0 Å². The highest BCUT2D eigenvalue weighted by atomic mass is 32.2. The summed E-state index contributed by atoms with van der Waals surface area (Å²) >= 11 is 1.36. The zero-order chi connectivity index (χ0) is 16.3. The first-order valence-corrected chi connectivity index (χ1v) is 7.68. The molecule has 1 aromatic carbocycles. The zero-order valence-corrected chi connectivity index (χ0v) is 12.7. The third-order valence-electron chi connectivity index (χ3n) is 3.16. The zero-order valence-electron chi connectivity index (χ0n) is 11.9. The molecule has 0 aliphatic carbocycles. The van der Waals surface area contributed by atoms with E-state index in [0.29, 0.717) is 5.69 Å². The molecular formula is C14H15F3N2O2S. The van der Waals surface area contributed by atoms with Crippen molar-refractivity contribution in [1.82, 2.24) is 5.32 Å². The Morgan fingerprint density at radius 3 is 2.77 bits per heavy atom. The molecule has 0 radical (unpaired) electrons. The third kappa shape index (κ3) is 4.16. The van der Waals surface area contributed by atoms with Gasteiger partial charge < -0.3 is 10.2 Å². The van der Waals surface area contributed by atoms with Crippen LogP contribution in [0.1, 0.15) is 12.5 Å². The summed E-state index contributed by atoms with van der Waals surface area (Å²) < 4.78 is 36.3. The van der Waals surface area contributed by atoms with E-state index in [2.05, 4.69) is 0 Å². The van der Waals surface area contributed by atoms with Crippen LogP contribution < -0.4 is 10.2 Å². The highest BCUT2D eigenvalue weighted by Gasteiger charge is 2.30. The number of anilines is 1. The van der Waals surface area contributed by atoms with Gasteiger partial charge in [-0.2, -0.15) is 13.2 Å². The summed E-state index contributed by atoms with van der Waals surface area (Å²) in [6.07, 6.45) is -3.70. The van der Waals surface area contributed by atoms with Crippen LogP contribution in [0.3, 0.4) is 0 Å². The molecule has 1 heterocycles. The Morgan fingerprint density at radius 1 is 1.41 bits per heavy atom. The highest BCUT2D eigenvalue weighted by Crippen LogP contribution is 2.35. The molecule has 1 N–H and O–H groups in total. The third-order valence-corrected chi connectivity index (χ3v) is 4.21. The Labute approximate surface area is 130 Å². The van der Waals surface area contributed by atoms with Gasteiger partial charge in [-0.15, -0.1) is 11.8 Å². The lowest BCUT2D eigenvalue weighted by molar-refractivity contribution is -0.137. The molecule has 2 rings (SSSR count). The minimum atomic E-state index is -4.47. The number of benzene rings is 1. The van der Waals surface area contributed by atoms with Crippen molar-refractivity contribution < 1.29 is 22.8 Å². The first kappa shape index (κ1) is 16.7. The van der Waals surface area contributed by atoms with Crippen LogP contribution in [0.2, 0.25) is 0 Å². The van der Waals surface area contributed by atoms with Gasteiger partial charge in [-0.25, -0.2) is 0 Å². The van der Waals surface area contributed by atoms with Crippen LogP contribution in [0.4, 0.5) is 18.9 Å². The topological polar surface area (TPSA) is 49.4 Å². The van der Waals surface area contributed by atoms with Crippen molar-refractivity contribution in [2.24, 2.45) is 0 Å². The Bertz CT molecular complexity index is 590. The molecule has 0 spiro atoms. The number of hydrogen-bond acceptors (Lipinski definition) is 3. The summed E-state index contributed by atoms with van der Waals surface area (Å²) in [5, 5.41) is 1.79. The minimum Gasteiger partial charge on any atom is -0.345 e. The maximum atomic E-state index is 12.1. The predicted molar refractivity (Wildman–Crippen MR) is 78.0 cm³/mol. The number of nitrogens with zero attached hydrogens (tertiary/aromatic N) is 1. The second kappa shape index (κ2) is 6.60. The Morgan fingerprint density at radius 2 is 2.14 bits per heavy atom. The van der Waals surface area contributed by atoms with Crippen LogP contribution in [0.5, 0.6) is 0 Å². The molecule has 0 aromatic heterocycles. The van der Waals surface area contributed by atoms with Crippen LogP contribution >= 0.6 is 11.8 Å². The highest BCUT2D eigenvalue weighted by molar-refractivity contribution is 8.00. The second-order valence-electron chi connectivity index (χ2n) is 4.82. The number of carbonyl (C=O) groups excluding carboxylic acids is 2. The average Bonchev–Trinajstić information content (AvgIpc) is 2.47. The van der Waals surface area contributed by atoms with E-state index in [4.69, 9.17) is 0 Å². The lowest BCUT2D eigenvalue weighted by Crippen LogP contribution is -2.45. The Hall–Kier alpha value is -1.70. The van der Waals surface area contributed by atoms with E-state index in [1.54, 1.807) is 11.4 Å². The number of amides is 2. The maximum absolute atomic E-state index is 12.1. The smallest absolute Gasteiger partial charge is 0.345 e. The molecule has 0 saturated carbocycles. The summed E-state index contributed by atoms with van der Waals surface area (Å²) in [6, 6.07) is 5.60. The fraction of sp³-hybridized carbons (Fsp3) is 0.429. The number of hydrogen-bond donors (Lipinski definition) is 1. The summed E-state index contributed by atoms with van der Waals surface area (Å²) in [6.45, 7) is 0.153. The van der Waals surface area contributed by atoms with Gasteiger partial charge in [0.05, 0.1) is 11.4 Å². The van der Waals surface area contributed by atoms with Gasteiger partial charge in [0, 0.05) is 4.90 Å². The standard InChI is InChI=1S/C14H15F3N2O2S/c1-2-9-3-4-11-10(5-9)19(13(21)7-22-11)6-12(20)18-8-14(15,16)17/h3-5H,2,6-8H2,1H3,(H,18,20). The van der Waals surface area contributed by atoms with Gasteiger partial charge in [0.1, 0.15) is 13.1 Å². The van der Waals surface area contributed by atoms with Crippen LogP contribution in [0.25, 0.3) is 0 Å². The van der Waals surface area contributed by atoms with E-state index in [0.717, 1.165) is 16.9 Å². The quantitative estimate of drug-likeness (QED) is 0.921. The molecule has 1 aliphatic rings. The minimum absolute atomic E-state index is 0.172. The fourth-order valence-electron chi connectivity index (χ4n) is 2.04. The molecule has 0 bridgehead atoms. The number of rotatable bonds is 4. The first-order valence-electron chi connectivity index (χ1n) is 6.69. The van der Waals surface area contributed by atoms with Crippen molar-refractivity contribution >= 4 is 29.3 Å². The molecular weight excluding hydrogens is 317 g/mol. The Kier molecular flexibility index (Phi) is 5.00. The monoisotopic (exact) mass is 332 g/mol. The van der Waals surface area contributed by atoms with E-state index in [1.807, 2.05) is 19.1 Å². The molecule has 0 unspecified atom stereocenters. The van der Waals surface area contributed by atoms with Gasteiger partial charge in [-0.1, -0.05) is 13.0 Å². The van der Waals surface area contributed by atoms with E-state index in [1.165, 1.54) is 16.7 Å². The van der Waals surface area contributed by atoms with Crippen molar-refractivity contribution in [2.75, 3.05) is 23.7 Å². The van der Waals surface area contributed by atoms with E-state index < -0.39 is 25.2 Å². The largest absolute Gasteiger partial charge is 0.405 e. The van der Waals surface area contributed by atoms with Crippen molar-refractivity contribution in [3.05, 3.63) is 23.8 Å². The van der Waals surface area contributed by atoms with Gasteiger partial charge >= 0.3 is 6.18 Å².